The van der Waals surface area contributed by atoms with Gasteiger partial charge in [0.15, 0.2) is 5.82 Å². The average molecular weight is 576 g/mol. The highest BCUT2D eigenvalue weighted by molar-refractivity contribution is 6.09. The Balaban J connectivity index is 1.86. The van der Waals surface area contributed by atoms with Crippen LogP contribution in [0.25, 0.3) is 16.8 Å². The number of nitrogens with zero attached hydrogens (tertiary/aromatic N) is 5. The highest BCUT2D eigenvalue weighted by Crippen LogP contribution is 2.40. The van der Waals surface area contributed by atoms with Crippen molar-refractivity contribution in [2.45, 2.75) is 58.4 Å². The molecule has 0 radical (unpaired) electrons. The number of amides is 3. The van der Waals surface area contributed by atoms with Crippen LogP contribution in [0.2, 0.25) is 0 Å². The third-order valence-electron chi connectivity index (χ3n) is 7.11. The molecule has 14 heteroatoms. The summed E-state index contributed by atoms with van der Waals surface area (Å²) in [7, 11) is 0. The van der Waals surface area contributed by atoms with Crippen LogP contribution < -0.4 is 16.0 Å². The fraction of sp³-hybridized carbons (Fsp3) is 0.444. The molecule has 11 nitrogen and oxygen atoms in total. The lowest BCUT2D eigenvalue weighted by molar-refractivity contribution is -0.145. The molecular formula is C27H32F3N7O4. The first-order valence-corrected chi connectivity index (χ1v) is 12.9. The summed E-state index contributed by atoms with van der Waals surface area (Å²) >= 11 is 0. The monoisotopic (exact) mass is 575 g/mol. The maximum atomic E-state index is 13.9. The number of rotatable bonds is 6. The second-order valence-corrected chi connectivity index (χ2v) is 11.1. The van der Waals surface area contributed by atoms with Crippen LogP contribution in [-0.2, 0) is 15.8 Å². The van der Waals surface area contributed by atoms with Crippen LogP contribution in [-0.4, -0.2) is 73.1 Å². The number of piperazine rings is 1. The number of carbonyl (C=O) groups excluding carboxylic acids is 3. The minimum absolute atomic E-state index is 0.0192. The molecule has 3 heterocycles. The lowest BCUT2D eigenvalue weighted by atomic mass is 9.95. The van der Waals surface area contributed by atoms with E-state index in [1.165, 1.54) is 34.9 Å². The van der Waals surface area contributed by atoms with Gasteiger partial charge < -0.3 is 26.0 Å². The number of carbonyl (C=O) groups is 3. The Kier molecular flexibility index (Phi) is 7.50. The zero-order chi connectivity index (χ0) is 30.5. The molecule has 0 unspecified atom stereocenters. The predicted octanol–water partition coefficient (Wildman–Crippen LogP) is 2.86. The van der Waals surface area contributed by atoms with Gasteiger partial charge in [0.2, 0.25) is 5.91 Å². The van der Waals surface area contributed by atoms with Gasteiger partial charge in [-0.15, -0.1) is 0 Å². The number of alkyl halides is 3. The molecule has 3 amide bonds. The summed E-state index contributed by atoms with van der Waals surface area (Å²) in [4.78, 5) is 45.7. The highest BCUT2D eigenvalue weighted by Gasteiger charge is 2.44. The zero-order valence-electron chi connectivity index (χ0n) is 23.3. The zero-order valence-corrected chi connectivity index (χ0v) is 23.3. The van der Waals surface area contributed by atoms with Gasteiger partial charge in [0.25, 0.3) is 11.8 Å². The molecule has 0 saturated carbocycles. The van der Waals surface area contributed by atoms with Crippen LogP contribution in [0, 0.1) is 0 Å². The van der Waals surface area contributed by atoms with Gasteiger partial charge in [-0.1, -0.05) is 6.07 Å². The van der Waals surface area contributed by atoms with Crippen molar-refractivity contribution in [1.29, 1.82) is 0 Å². The molecule has 4 rings (SSSR count). The Morgan fingerprint density at radius 3 is 2.46 bits per heavy atom. The fourth-order valence-electron chi connectivity index (χ4n) is 4.98. The molecule has 1 fully saturated rings. The van der Waals surface area contributed by atoms with E-state index in [0.29, 0.717) is 0 Å². The summed E-state index contributed by atoms with van der Waals surface area (Å²) < 4.78 is 42.8. The van der Waals surface area contributed by atoms with Crippen molar-refractivity contribution in [3.8, 4) is 11.3 Å². The van der Waals surface area contributed by atoms with Gasteiger partial charge in [0.05, 0.1) is 28.1 Å². The quantitative estimate of drug-likeness (QED) is 0.410. The first-order chi connectivity index (χ1) is 18.9. The molecule has 220 valence electrons. The van der Waals surface area contributed by atoms with Crippen molar-refractivity contribution in [2.75, 3.05) is 30.3 Å². The van der Waals surface area contributed by atoms with Crippen LogP contribution in [0.15, 0.2) is 30.6 Å². The van der Waals surface area contributed by atoms with E-state index in [0.717, 1.165) is 16.9 Å². The van der Waals surface area contributed by atoms with Crippen molar-refractivity contribution < 1.29 is 32.7 Å². The number of aromatic nitrogens is 3. The van der Waals surface area contributed by atoms with Crippen LogP contribution in [0.1, 0.15) is 57.0 Å². The standard InChI is InChI=1S/C27H32F3N7O4/c1-15(38)36-11-10-35(24(40)26(36,4)5)20-12-16(6-7-17(20)23(39)32-9-8-25(2,3)41)19-13-18(27(28,29)30)21-22(31)33-14-34-37(19)21/h6-7,12-14,41H,8-11H2,1-5H3,(H,32,39)(H2,31,33,34). The smallest absolute Gasteiger partial charge is 0.390 e. The minimum atomic E-state index is -4.76. The molecule has 1 aliphatic heterocycles. The summed E-state index contributed by atoms with van der Waals surface area (Å²) in [6.07, 6.45) is -3.47. The van der Waals surface area contributed by atoms with E-state index in [1.807, 2.05) is 0 Å². The summed E-state index contributed by atoms with van der Waals surface area (Å²) in [5.74, 6) is -1.67. The van der Waals surface area contributed by atoms with Crippen LogP contribution in [0.3, 0.4) is 0 Å². The number of hydrogen-bond donors (Lipinski definition) is 3. The van der Waals surface area contributed by atoms with Gasteiger partial charge in [-0.3, -0.25) is 14.4 Å². The Labute approximate surface area is 234 Å². The van der Waals surface area contributed by atoms with E-state index in [9.17, 15) is 32.7 Å². The van der Waals surface area contributed by atoms with E-state index in [-0.39, 0.29) is 60.3 Å². The number of nitrogens with two attached hydrogens (primary N) is 1. The molecule has 0 atom stereocenters. The van der Waals surface area contributed by atoms with Crippen molar-refractivity contribution >= 4 is 34.7 Å². The lowest BCUT2D eigenvalue weighted by Gasteiger charge is -2.45. The second-order valence-electron chi connectivity index (χ2n) is 11.1. The Hall–Kier alpha value is -4.20. The predicted molar refractivity (Wildman–Crippen MR) is 145 cm³/mol. The Bertz CT molecular complexity index is 1530. The highest BCUT2D eigenvalue weighted by atomic mass is 19.4. The molecule has 0 spiro atoms. The van der Waals surface area contributed by atoms with E-state index < -0.39 is 40.2 Å². The maximum Gasteiger partial charge on any atom is 0.418 e. The van der Waals surface area contributed by atoms with Crippen molar-refractivity contribution in [3.63, 3.8) is 0 Å². The van der Waals surface area contributed by atoms with Crippen molar-refractivity contribution in [2.24, 2.45) is 0 Å². The van der Waals surface area contributed by atoms with Crippen LogP contribution in [0.5, 0.6) is 0 Å². The average Bonchev–Trinajstić information content (AvgIpc) is 3.26. The molecule has 1 aliphatic rings. The molecule has 2 aromatic heterocycles. The second kappa shape index (κ2) is 10.3. The topological polar surface area (TPSA) is 146 Å². The first-order valence-electron chi connectivity index (χ1n) is 12.9. The molecule has 1 aromatic carbocycles. The summed E-state index contributed by atoms with van der Waals surface area (Å²) in [5.41, 5.74) is 2.55. The maximum absolute atomic E-state index is 13.9. The Morgan fingerprint density at radius 1 is 1.17 bits per heavy atom. The molecular weight excluding hydrogens is 543 g/mol. The van der Waals surface area contributed by atoms with Crippen molar-refractivity contribution in [3.05, 3.63) is 41.7 Å². The first kappa shape index (κ1) is 29.8. The number of halogens is 3. The van der Waals surface area contributed by atoms with Gasteiger partial charge in [-0.05, 0) is 52.3 Å². The van der Waals surface area contributed by atoms with E-state index >= 15 is 0 Å². The fourth-order valence-corrected chi connectivity index (χ4v) is 4.98. The molecule has 41 heavy (non-hydrogen) atoms. The molecule has 0 aliphatic carbocycles. The van der Waals surface area contributed by atoms with E-state index in [4.69, 9.17) is 5.73 Å². The number of hydrogen-bond acceptors (Lipinski definition) is 7. The summed E-state index contributed by atoms with van der Waals surface area (Å²) in [6, 6.07) is 5.21. The summed E-state index contributed by atoms with van der Waals surface area (Å²) in [5, 5.41) is 16.7. The number of nitrogens with one attached hydrogen (secondary N) is 1. The lowest BCUT2D eigenvalue weighted by Crippen LogP contribution is -2.64. The van der Waals surface area contributed by atoms with Gasteiger partial charge in [-0.2, -0.15) is 18.3 Å². The molecule has 4 N–H and O–H groups in total. The number of aliphatic hydroxyl groups is 1. The number of anilines is 2. The number of benzene rings is 1. The molecule has 1 saturated heterocycles. The van der Waals surface area contributed by atoms with Crippen molar-refractivity contribution in [1.82, 2.24) is 24.8 Å². The van der Waals surface area contributed by atoms with Gasteiger partial charge in [0.1, 0.15) is 17.4 Å². The van der Waals surface area contributed by atoms with Crippen LogP contribution >= 0.6 is 0 Å². The van der Waals surface area contributed by atoms with Gasteiger partial charge >= 0.3 is 6.18 Å². The number of nitrogen functional groups attached to an aromatic ring is 1. The Morgan fingerprint density at radius 2 is 1.85 bits per heavy atom. The summed E-state index contributed by atoms with van der Waals surface area (Å²) in [6.45, 7) is 8.09. The molecule has 0 bridgehead atoms. The van der Waals surface area contributed by atoms with E-state index in [2.05, 4.69) is 15.4 Å². The largest absolute Gasteiger partial charge is 0.418 e. The molecule has 3 aromatic rings. The van der Waals surface area contributed by atoms with Gasteiger partial charge in [0, 0.05) is 32.1 Å². The minimum Gasteiger partial charge on any atom is -0.390 e. The third kappa shape index (κ3) is 5.69. The SMILES string of the molecule is CC(=O)N1CCN(c2cc(-c3cc(C(F)(F)F)c4c(N)ncnn34)ccc2C(=O)NCCC(C)(C)O)C(=O)C1(C)C. The van der Waals surface area contributed by atoms with Crippen LogP contribution in [0.4, 0.5) is 24.7 Å². The van der Waals surface area contributed by atoms with E-state index in [1.54, 1.807) is 27.7 Å². The van der Waals surface area contributed by atoms with Gasteiger partial charge in [-0.25, -0.2) is 9.50 Å². The number of fused-ring (bicyclic) bond motifs is 1. The third-order valence-corrected chi connectivity index (χ3v) is 7.11. The normalized spacial score (nSPS) is 15.9.